The minimum atomic E-state index is -0.0976. The number of anilines is 3. The Morgan fingerprint density at radius 2 is 2.03 bits per heavy atom. The number of hydrogen-bond donors (Lipinski definition) is 1. The molecule has 0 aliphatic carbocycles. The lowest BCUT2D eigenvalue weighted by Gasteiger charge is -2.29. The molecule has 1 fully saturated rings. The van der Waals surface area contributed by atoms with E-state index in [4.69, 9.17) is 21.3 Å². The zero-order valence-electron chi connectivity index (χ0n) is 18.7. The fourth-order valence-corrected chi connectivity index (χ4v) is 4.15. The molecule has 170 valence electrons. The highest BCUT2D eigenvalue weighted by molar-refractivity contribution is 6.31. The highest BCUT2D eigenvalue weighted by Crippen LogP contribution is 2.32. The van der Waals surface area contributed by atoms with Gasteiger partial charge in [0.15, 0.2) is 11.5 Å². The molecule has 4 rings (SSSR count). The third kappa shape index (κ3) is 5.52. The molecule has 0 saturated carbocycles. The Kier molecular flexibility index (Phi) is 7.25. The second kappa shape index (κ2) is 10.5. The van der Waals surface area contributed by atoms with Crippen molar-refractivity contribution in [1.29, 1.82) is 0 Å². The summed E-state index contributed by atoms with van der Waals surface area (Å²) in [5.41, 5.74) is 4.23. The molecule has 6 nitrogen and oxygen atoms in total. The van der Waals surface area contributed by atoms with Crippen molar-refractivity contribution < 1.29 is 9.53 Å². The fourth-order valence-electron chi connectivity index (χ4n) is 3.97. The van der Waals surface area contributed by atoms with Crippen molar-refractivity contribution in [3.63, 3.8) is 0 Å². The van der Waals surface area contributed by atoms with Crippen LogP contribution in [-0.4, -0.2) is 36.0 Å². The molecule has 2 aromatic carbocycles. The van der Waals surface area contributed by atoms with E-state index in [0.29, 0.717) is 28.0 Å². The maximum absolute atomic E-state index is 11.9. The summed E-state index contributed by atoms with van der Waals surface area (Å²) in [5, 5.41) is 3.84. The van der Waals surface area contributed by atoms with Crippen LogP contribution in [0.5, 0.6) is 5.75 Å². The Hall–Kier alpha value is -3.38. The number of allylic oxidation sites excluding steroid dienone is 1. The lowest BCUT2D eigenvalue weighted by atomic mass is 10.0. The van der Waals surface area contributed by atoms with Crippen molar-refractivity contribution >= 4 is 34.7 Å². The minimum absolute atomic E-state index is 0.0976. The molecule has 3 aromatic rings. The van der Waals surface area contributed by atoms with E-state index in [9.17, 15) is 4.79 Å². The summed E-state index contributed by atoms with van der Waals surface area (Å²) < 4.78 is 5.50. The number of nitrogens with zero attached hydrogens (tertiary/aromatic N) is 3. The third-order valence-electron chi connectivity index (χ3n) is 5.71. The van der Waals surface area contributed by atoms with Gasteiger partial charge < -0.3 is 15.0 Å². The average molecular weight is 463 g/mol. The quantitative estimate of drug-likeness (QED) is 0.424. The number of hydrogen-bond acceptors (Lipinski definition) is 6. The predicted octanol–water partition coefficient (Wildman–Crippen LogP) is 5.84. The number of piperidine rings is 1. The summed E-state index contributed by atoms with van der Waals surface area (Å²) in [6.45, 7) is 5.70. The topological polar surface area (TPSA) is 67.4 Å². The highest BCUT2D eigenvalue weighted by atomic mass is 35.5. The van der Waals surface area contributed by atoms with Crippen LogP contribution in [0.25, 0.3) is 11.3 Å². The number of methoxy groups -OCH3 is 1. The minimum Gasteiger partial charge on any atom is -0.493 e. The molecule has 0 spiro atoms. The zero-order valence-corrected chi connectivity index (χ0v) is 19.4. The van der Waals surface area contributed by atoms with Crippen molar-refractivity contribution in [2.24, 2.45) is 0 Å². The SMILES string of the molecule is C=CC(=O)Cc1cc(-c2nc(Nc3cccc(N4CCCCC4)c3)ncc2OC)ccc1Cl. The van der Waals surface area contributed by atoms with E-state index >= 15 is 0 Å². The van der Waals surface area contributed by atoms with E-state index in [1.165, 1.54) is 31.0 Å². The molecule has 0 unspecified atom stereocenters. The molecule has 1 aliphatic rings. The van der Waals surface area contributed by atoms with Crippen LogP contribution in [0.3, 0.4) is 0 Å². The van der Waals surface area contributed by atoms with Gasteiger partial charge in [0, 0.05) is 41.5 Å². The van der Waals surface area contributed by atoms with E-state index < -0.39 is 0 Å². The van der Waals surface area contributed by atoms with Gasteiger partial charge in [0.1, 0.15) is 5.69 Å². The maximum atomic E-state index is 11.9. The first-order valence-electron chi connectivity index (χ1n) is 11.0. The van der Waals surface area contributed by atoms with Crippen LogP contribution in [0.1, 0.15) is 24.8 Å². The highest BCUT2D eigenvalue weighted by Gasteiger charge is 2.15. The van der Waals surface area contributed by atoms with Gasteiger partial charge in [-0.15, -0.1) is 0 Å². The lowest BCUT2D eigenvalue weighted by molar-refractivity contribution is -0.114. The van der Waals surface area contributed by atoms with Gasteiger partial charge >= 0.3 is 0 Å². The number of aromatic nitrogens is 2. The van der Waals surface area contributed by atoms with Crippen molar-refractivity contribution in [2.45, 2.75) is 25.7 Å². The molecule has 0 radical (unpaired) electrons. The Morgan fingerprint density at radius 1 is 1.21 bits per heavy atom. The molecular formula is C26H27ClN4O2. The monoisotopic (exact) mass is 462 g/mol. The van der Waals surface area contributed by atoms with E-state index in [1.807, 2.05) is 24.3 Å². The molecule has 1 saturated heterocycles. The van der Waals surface area contributed by atoms with Crippen LogP contribution in [0, 0.1) is 0 Å². The zero-order chi connectivity index (χ0) is 23.2. The van der Waals surface area contributed by atoms with E-state index in [0.717, 1.165) is 24.3 Å². The van der Waals surface area contributed by atoms with Gasteiger partial charge in [-0.2, -0.15) is 0 Å². The molecular weight excluding hydrogens is 436 g/mol. The molecule has 7 heteroatoms. The number of halogens is 1. The molecule has 0 bridgehead atoms. The Balaban J connectivity index is 1.62. The van der Waals surface area contributed by atoms with Gasteiger partial charge in [-0.05, 0) is 61.2 Å². The number of nitrogens with one attached hydrogen (secondary N) is 1. The van der Waals surface area contributed by atoms with Crippen LogP contribution in [-0.2, 0) is 11.2 Å². The van der Waals surface area contributed by atoms with Crippen molar-refractivity contribution in [3.8, 4) is 17.0 Å². The Morgan fingerprint density at radius 3 is 2.79 bits per heavy atom. The number of benzene rings is 2. The van der Waals surface area contributed by atoms with E-state index in [2.05, 4.69) is 33.9 Å². The fraction of sp³-hybridized carbons (Fsp3) is 0.269. The molecule has 33 heavy (non-hydrogen) atoms. The third-order valence-corrected chi connectivity index (χ3v) is 6.08. The smallest absolute Gasteiger partial charge is 0.227 e. The number of carbonyl (C=O) groups is 1. The first-order valence-corrected chi connectivity index (χ1v) is 11.4. The second-order valence-electron chi connectivity index (χ2n) is 7.99. The normalized spacial score (nSPS) is 13.5. The largest absolute Gasteiger partial charge is 0.493 e. The van der Waals surface area contributed by atoms with Crippen molar-refractivity contribution in [2.75, 3.05) is 30.4 Å². The molecule has 1 aromatic heterocycles. The lowest BCUT2D eigenvalue weighted by Crippen LogP contribution is -2.29. The summed E-state index contributed by atoms with van der Waals surface area (Å²) in [6.07, 6.45) is 6.87. The summed E-state index contributed by atoms with van der Waals surface area (Å²) >= 11 is 6.31. The first kappa shape index (κ1) is 22.8. The van der Waals surface area contributed by atoms with Crippen molar-refractivity contribution in [3.05, 3.63) is 71.9 Å². The van der Waals surface area contributed by atoms with Gasteiger partial charge in [-0.1, -0.05) is 30.3 Å². The number of carbonyl (C=O) groups excluding carboxylic acids is 1. The summed E-state index contributed by atoms with van der Waals surface area (Å²) in [5.74, 6) is 0.894. The summed E-state index contributed by atoms with van der Waals surface area (Å²) in [4.78, 5) is 23.4. The van der Waals surface area contributed by atoms with Gasteiger partial charge in [0.25, 0.3) is 0 Å². The molecule has 0 amide bonds. The summed E-state index contributed by atoms with van der Waals surface area (Å²) in [7, 11) is 1.58. The van der Waals surface area contributed by atoms with Gasteiger partial charge in [0.05, 0.1) is 13.3 Å². The standard InChI is InChI=1S/C26H27ClN4O2/c1-3-22(32)15-19-14-18(10-11-23(19)27)25-24(33-2)17-28-26(30-25)29-20-8-7-9-21(16-20)31-12-5-4-6-13-31/h3,7-11,14,16-17H,1,4-6,12-13,15H2,2H3,(H,28,29,30). The van der Waals surface area contributed by atoms with Gasteiger partial charge in [0.2, 0.25) is 5.95 Å². The molecule has 1 aliphatic heterocycles. The van der Waals surface area contributed by atoms with E-state index in [1.54, 1.807) is 19.4 Å². The van der Waals surface area contributed by atoms with Crippen molar-refractivity contribution in [1.82, 2.24) is 9.97 Å². The van der Waals surface area contributed by atoms with Crippen LogP contribution in [0.4, 0.5) is 17.3 Å². The Bertz CT molecular complexity index is 1160. The van der Waals surface area contributed by atoms with Crippen LogP contribution in [0.2, 0.25) is 5.02 Å². The maximum Gasteiger partial charge on any atom is 0.227 e. The number of ketones is 1. The predicted molar refractivity (Wildman–Crippen MR) is 134 cm³/mol. The molecule has 0 atom stereocenters. The molecule has 2 heterocycles. The second-order valence-corrected chi connectivity index (χ2v) is 8.39. The average Bonchev–Trinajstić information content (AvgIpc) is 2.86. The van der Waals surface area contributed by atoms with E-state index in [-0.39, 0.29) is 12.2 Å². The van der Waals surface area contributed by atoms with Gasteiger partial charge in [-0.3, -0.25) is 4.79 Å². The molecule has 1 N–H and O–H groups in total. The van der Waals surface area contributed by atoms with Gasteiger partial charge in [-0.25, -0.2) is 9.97 Å². The Labute approximate surface area is 199 Å². The summed E-state index contributed by atoms with van der Waals surface area (Å²) in [6, 6.07) is 13.8. The van der Waals surface area contributed by atoms with Crippen LogP contribution >= 0.6 is 11.6 Å². The van der Waals surface area contributed by atoms with Crippen LogP contribution in [0.15, 0.2) is 61.3 Å². The van der Waals surface area contributed by atoms with Crippen LogP contribution < -0.4 is 15.0 Å². The number of ether oxygens (including phenoxy) is 1. The first-order chi connectivity index (χ1) is 16.1. The number of rotatable bonds is 8.